The van der Waals surface area contributed by atoms with Crippen LogP contribution < -0.4 is 10.8 Å². The topological polar surface area (TPSA) is 72.7 Å². The average molecular weight is 200 g/mol. The fourth-order valence-electron chi connectivity index (χ4n) is 0.858. The molecular weight excluding hydrogens is 188 g/mol. The summed E-state index contributed by atoms with van der Waals surface area (Å²) in [6.07, 6.45) is 0.590. The Morgan fingerprint density at radius 1 is 1.64 bits per heavy atom. The van der Waals surface area contributed by atoms with Crippen molar-refractivity contribution >= 4 is 11.9 Å². The Morgan fingerprint density at radius 2 is 2.43 bits per heavy atom. The average Bonchev–Trinajstić information content (AvgIpc) is 2.66. The van der Waals surface area contributed by atoms with Gasteiger partial charge in [-0.05, 0) is 6.07 Å². The minimum atomic E-state index is -0.895. The third-order valence-corrected chi connectivity index (χ3v) is 1.45. The van der Waals surface area contributed by atoms with E-state index in [1.807, 2.05) is 0 Å². The lowest BCUT2D eigenvalue weighted by atomic mass is 10.5. The highest BCUT2D eigenvalue weighted by molar-refractivity contribution is 5.76. The van der Waals surface area contributed by atoms with Crippen molar-refractivity contribution < 1.29 is 18.8 Å². The first-order chi connectivity index (χ1) is 6.77. The number of furan rings is 1. The quantitative estimate of drug-likeness (QED) is 0.527. The van der Waals surface area contributed by atoms with E-state index >= 15 is 0 Å². The van der Waals surface area contributed by atoms with Gasteiger partial charge >= 0.3 is 5.97 Å². The Morgan fingerprint density at radius 3 is 2.93 bits per heavy atom. The van der Waals surface area contributed by atoms with Crippen LogP contribution in [0.5, 0.6) is 0 Å². The molecule has 1 heterocycles. The van der Waals surface area contributed by atoms with Gasteiger partial charge in [0, 0.05) is 20.2 Å². The van der Waals surface area contributed by atoms with Crippen molar-refractivity contribution in [2.75, 3.05) is 19.5 Å². The molecule has 0 saturated heterocycles. The van der Waals surface area contributed by atoms with Crippen molar-refractivity contribution in [1.82, 2.24) is 5.48 Å². The highest BCUT2D eigenvalue weighted by Crippen LogP contribution is 2.09. The smallest absolute Gasteiger partial charge is 0.375 e. The molecule has 0 spiro atoms. The molecule has 1 atom stereocenters. The van der Waals surface area contributed by atoms with E-state index < -0.39 is 12.2 Å². The van der Waals surface area contributed by atoms with Crippen molar-refractivity contribution in [3.63, 3.8) is 0 Å². The van der Waals surface area contributed by atoms with Gasteiger partial charge in [0.05, 0.1) is 6.26 Å². The maximum Gasteiger partial charge on any atom is 0.375 e. The zero-order valence-corrected chi connectivity index (χ0v) is 7.94. The molecular formula is C8H12N2O4. The van der Waals surface area contributed by atoms with Crippen molar-refractivity contribution in [3.8, 4) is 0 Å². The summed E-state index contributed by atoms with van der Waals surface area (Å²) in [6, 6.07) is 3.36. The molecule has 1 unspecified atom stereocenters. The molecule has 78 valence electrons. The first-order valence-electron chi connectivity index (χ1n) is 3.98. The molecule has 6 heteroatoms. The number of methoxy groups -OCH3 is 1. The van der Waals surface area contributed by atoms with E-state index in [4.69, 9.17) is 9.15 Å². The van der Waals surface area contributed by atoms with Crippen LogP contribution in [0.2, 0.25) is 0 Å². The lowest BCUT2D eigenvalue weighted by Crippen LogP contribution is -2.35. The number of carbonyl (C=O) groups is 1. The SMILES string of the molecule is CNOC(=O)C(Nc1ccco1)OC. The first kappa shape index (κ1) is 10.6. The van der Waals surface area contributed by atoms with Crippen molar-refractivity contribution in [1.29, 1.82) is 0 Å². The van der Waals surface area contributed by atoms with Crippen LogP contribution in [0, 0.1) is 0 Å². The monoisotopic (exact) mass is 200 g/mol. The lowest BCUT2D eigenvalue weighted by Gasteiger charge is -2.13. The molecule has 0 saturated carbocycles. The molecule has 14 heavy (non-hydrogen) atoms. The first-order valence-corrected chi connectivity index (χ1v) is 3.98. The van der Waals surface area contributed by atoms with Gasteiger partial charge in [-0.2, -0.15) is 5.48 Å². The molecule has 0 aliphatic heterocycles. The second-order valence-corrected chi connectivity index (χ2v) is 2.36. The van der Waals surface area contributed by atoms with Gasteiger partial charge in [0.1, 0.15) is 0 Å². The van der Waals surface area contributed by atoms with Crippen LogP contribution in [0.4, 0.5) is 5.88 Å². The largest absolute Gasteiger partial charge is 0.449 e. The third kappa shape index (κ3) is 2.75. The lowest BCUT2D eigenvalue weighted by molar-refractivity contribution is -0.160. The van der Waals surface area contributed by atoms with Crippen molar-refractivity contribution in [2.45, 2.75) is 6.23 Å². The van der Waals surface area contributed by atoms with E-state index in [0.29, 0.717) is 5.88 Å². The Bertz CT molecular complexity index is 273. The van der Waals surface area contributed by atoms with Gasteiger partial charge in [-0.3, -0.25) is 0 Å². The molecule has 0 amide bonds. The van der Waals surface area contributed by atoms with Gasteiger partial charge in [0.15, 0.2) is 5.88 Å². The molecule has 0 radical (unpaired) electrons. The minimum absolute atomic E-state index is 0.435. The number of carbonyl (C=O) groups excluding carboxylic acids is 1. The summed E-state index contributed by atoms with van der Waals surface area (Å²) in [5.74, 6) is -0.142. The van der Waals surface area contributed by atoms with Crippen LogP contribution >= 0.6 is 0 Å². The standard InChI is InChI=1S/C8H12N2O4/c1-9-14-8(11)7(12-2)10-6-4-3-5-13-6/h3-5,7,9-10H,1-2H3. The van der Waals surface area contributed by atoms with Crippen LogP contribution in [-0.2, 0) is 14.4 Å². The van der Waals surface area contributed by atoms with Crippen LogP contribution in [0.3, 0.4) is 0 Å². The van der Waals surface area contributed by atoms with Gasteiger partial charge in [-0.1, -0.05) is 0 Å². The summed E-state index contributed by atoms with van der Waals surface area (Å²) < 4.78 is 9.83. The molecule has 2 N–H and O–H groups in total. The molecule has 0 fully saturated rings. The van der Waals surface area contributed by atoms with E-state index in [0.717, 1.165) is 0 Å². The van der Waals surface area contributed by atoms with Crippen LogP contribution in [0.15, 0.2) is 22.8 Å². The fourth-order valence-corrected chi connectivity index (χ4v) is 0.858. The predicted molar refractivity (Wildman–Crippen MR) is 48.3 cm³/mol. The van der Waals surface area contributed by atoms with Gasteiger partial charge < -0.3 is 19.3 Å². The third-order valence-electron chi connectivity index (χ3n) is 1.45. The number of hydroxylamine groups is 1. The second-order valence-electron chi connectivity index (χ2n) is 2.36. The summed E-state index contributed by atoms with van der Waals surface area (Å²) in [5.41, 5.74) is 2.26. The second kappa shape index (κ2) is 5.25. The van der Waals surface area contributed by atoms with E-state index in [-0.39, 0.29) is 0 Å². The van der Waals surface area contributed by atoms with Gasteiger partial charge in [0.25, 0.3) is 0 Å². The Balaban J connectivity index is 2.50. The van der Waals surface area contributed by atoms with Gasteiger partial charge in [-0.15, -0.1) is 0 Å². The molecule has 0 aliphatic carbocycles. The molecule has 0 bridgehead atoms. The van der Waals surface area contributed by atoms with E-state index in [2.05, 4.69) is 15.6 Å². The highest BCUT2D eigenvalue weighted by Gasteiger charge is 2.19. The maximum atomic E-state index is 11.2. The molecule has 1 aromatic heterocycles. The highest BCUT2D eigenvalue weighted by atomic mass is 16.7. The molecule has 0 aromatic carbocycles. The van der Waals surface area contributed by atoms with Gasteiger partial charge in [0.2, 0.25) is 6.23 Å². The molecule has 1 rings (SSSR count). The number of rotatable bonds is 5. The van der Waals surface area contributed by atoms with Crippen LogP contribution in [-0.4, -0.2) is 26.4 Å². The molecule has 0 aliphatic rings. The number of hydrogen-bond acceptors (Lipinski definition) is 6. The summed E-state index contributed by atoms with van der Waals surface area (Å²) in [7, 11) is 2.87. The van der Waals surface area contributed by atoms with Crippen molar-refractivity contribution in [2.24, 2.45) is 0 Å². The Kier molecular flexibility index (Phi) is 3.96. The number of nitrogens with one attached hydrogen (secondary N) is 2. The van der Waals surface area contributed by atoms with Crippen LogP contribution in [0.1, 0.15) is 0 Å². The Hall–Kier alpha value is -1.53. The number of anilines is 1. The summed E-state index contributed by atoms with van der Waals surface area (Å²) in [4.78, 5) is 15.7. The van der Waals surface area contributed by atoms with Crippen LogP contribution in [0.25, 0.3) is 0 Å². The zero-order chi connectivity index (χ0) is 10.4. The van der Waals surface area contributed by atoms with Gasteiger partial charge in [-0.25, -0.2) is 4.79 Å². The fraction of sp³-hybridized carbons (Fsp3) is 0.375. The van der Waals surface area contributed by atoms with E-state index in [1.165, 1.54) is 20.4 Å². The van der Waals surface area contributed by atoms with E-state index in [1.54, 1.807) is 12.1 Å². The summed E-state index contributed by atoms with van der Waals surface area (Å²) in [6.45, 7) is 0. The van der Waals surface area contributed by atoms with E-state index in [9.17, 15) is 4.79 Å². The summed E-state index contributed by atoms with van der Waals surface area (Å²) in [5, 5.41) is 2.69. The number of hydrogen-bond donors (Lipinski definition) is 2. The zero-order valence-electron chi connectivity index (χ0n) is 7.94. The summed E-state index contributed by atoms with van der Waals surface area (Å²) >= 11 is 0. The normalized spacial score (nSPS) is 12.1. The Labute approximate surface area is 81.1 Å². The molecule has 6 nitrogen and oxygen atoms in total. The predicted octanol–water partition coefficient (Wildman–Crippen LogP) is 0.342. The maximum absolute atomic E-state index is 11.2. The number of ether oxygens (including phenoxy) is 1. The molecule has 1 aromatic rings. The minimum Gasteiger partial charge on any atom is -0.449 e. The van der Waals surface area contributed by atoms with Crippen molar-refractivity contribution in [3.05, 3.63) is 18.4 Å².